The monoisotopic (exact) mass is 3060 g/mol. The first-order chi connectivity index (χ1) is 66.0. The Labute approximate surface area is 962 Å². The van der Waals surface area contributed by atoms with Crippen LogP contribution in [-0.2, 0) is 121 Å². The third kappa shape index (κ3) is 35.8. The smallest absolute Gasteiger partial charge is 0.322 e. The molecule has 0 unspecified atom stereocenters. The normalized spacial score (nSPS) is 15.9. The van der Waals surface area contributed by atoms with Gasteiger partial charge in [-0.2, -0.15) is 146 Å². The van der Waals surface area contributed by atoms with E-state index in [0.29, 0.717) is 89.8 Å². The molecule has 0 aliphatic carbocycles. The summed E-state index contributed by atoms with van der Waals surface area (Å²) in [6.45, 7) is 54.9. The second-order valence-electron chi connectivity index (χ2n) is 37.1. The summed E-state index contributed by atoms with van der Waals surface area (Å²) in [6.07, 6.45) is 16.7. The summed E-state index contributed by atoms with van der Waals surface area (Å²) in [4.78, 5) is 0. The minimum atomic E-state index is -0.0266. The Morgan fingerprint density at radius 1 is 0.211 bits per heavy atom. The second-order valence-corrected chi connectivity index (χ2v) is 45.6. The van der Waals surface area contributed by atoms with Gasteiger partial charge in [-0.3, -0.25) is 0 Å². The van der Waals surface area contributed by atoms with Gasteiger partial charge in [0, 0.05) is 143 Å². The SMILES string of the molecule is CB1N(c2[c-]cccc2)[SiH]N(c2ccccc2)B(C)N1C(C)C.CCCCCCN1B(C)N(C)[SiH]N(c2[c-]cccc2)B1C.CCCCCN1B(C)N(C)[SiH]N(c2[c-]cccc2)B1C.CCCCCN1B(C)N(c2[c-]cccc2)[SiH]N(c2ccccc2)B1C.CCCCN1B(C)N(c2[c-]cccc2)[SiH]N(c2ccccc2)B1C.CCCN1B(C)N(c2[c-]cccc2)[SiH]N(c2ccccc2)B1C.[Ir].[Ir].[Ir].[Ir].[Ir].[Ir]. The first kappa shape index (κ1) is 128. The van der Waals surface area contributed by atoms with Crippen LogP contribution in [0.4, 0.5) is 56.9 Å². The van der Waals surface area contributed by atoms with Crippen molar-refractivity contribution in [3.63, 3.8) is 0 Å². The Kier molecular flexibility index (Phi) is 61.4. The molecular weight excluding hydrogens is 2900 g/mol. The molecule has 0 amide bonds. The molecule has 0 saturated carbocycles. The molecule has 10 aromatic rings. The van der Waals surface area contributed by atoms with Gasteiger partial charge in [-0.25, -0.2) is 0 Å². The molecule has 10 aromatic carbocycles. The van der Waals surface area contributed by atoms with Gasteiger partial charge in [0.25, 0.3) is 53.3 Å². The van der Waals surface area contributed by atoms with Gasteiger partial charge in [0.15, 0.2) is 0 Å². The Hall–Kier alpha value is -4.14. The van der Waals surface area contributed by atoms with Crippen molar-refractivity contribution in [3.8, 4) is 0 Å². The molecule has 16 rings (SSSR count). The molecule has 18 nitrogen and oxygen atoms in total. The molecule has 42 heteroatoms. The number of anilines is 10. The van der Waals surface area contributed by atoms with Gasteiger partial charge in [0.2, 0.25) is 19.7 Å². The van der Waals surface area contributed by atoms with Crippen LogP contribution >= 0.6 is 0 Å². The van der Waals surface area contributed by atoms with Crippen LogP contribution in [0.1, 0.15) is 132 Å². The van der Waals surface area contributed by atoms with Crippen molar-refractivity contribution in [1.29, 1.82) is 0 Å². The predicted octanol–water partition coefficient (Wildman–Crippen LogP) is 18.1. The number of hydrogen-bond donors (Lipinski definition) is 0. The Morgan fingerprint density at radius 3 is 0.648 bits per heavy atom. The van der Waals surface area contributed by atoms with E-state index >= 15 is 0 Å². The van der Waals surface area contributed by atoms with E-state index in [1.807, 2.05) is 72.8 Å². The van der Waals surface area contributed by atoms with Crippen LogP contribution in [0, 0.1) is 36.4 Å². The van der Waals surface area contributed by atoms with Gasteiger partial charge in [0.1, 0.15) is 0 Å². The molecule has 0 atom stereocenters. The molecular formula is C100H150B12Ir6N18Si6-6. The summed E-state index contributed by atoms with van der Waals surface area (Å²) in [5.41, 5.74) is 12.5. The number of rotatable bonds is 29. The summed E-state index contributed by atoms with van der Waals surface area (Å²) < 4.78 is 46.0. The quantitative estimate of drug-likeness (QED) is 0.0254. The number of benzene rings is 10. The van der Waals surface area contributed by atoms with Crippen molar-refractivity contribution < 1.29 is 121 Å². The third-order valence-corrected chi connectivity index (χ3v) is 38.9. The second kappa shape index (κ2) is 67.9. The van der Waals surface area contributed by atoms with Crippen LogP contribution in [0.3, 0.4) is 0 Å². The van der Waals surface area contributed by atoms with E-state index in [9.17, 15) is 0 Å². The summed E-state index contributed by atoms with van der Waals surface area (Å²) in [6, 6.07) is 114. The number of para-hydroxylation sites is 10. The topological polar surface area (TPSA) is 58.3 Å². The standard InChI is InChI=1S/C19H27B2N3Si.C18H25B2N3Si.2C17H23B2N3Si.C15H27B2N3Si.C14H25B2N3Si.6Ir/c1-4-5-12-17-22-20(2)23(18-13-8-6-9-14-18)25-24(21(22)3)19-15-10-7-11-16-19;1-4-5-16-21-19(2)22(17-12-8-6-9-13-17)24-23(20(21)3)18-14-10-7-11-15-18;1-15(2)20-18(3)21(16-11-7-5-8-12-16)23-22(19(20)4)17-13-9-6-10-14-17;1-4-15-20-18(2)21(16-11-7-5-8-12-16)23-22(19(20)3)17-13-9-6-10-14-17;1-5-6-7-11-14-19-16(2)18(4)21-20(17(19)3)15-12-9-8-10-13-15;1-5-6-10-13-18-15(2)17(4)20-19(16(18)3)14-11-8-7-9-12-14;;;;;;/h6-11,13-15,25H,4-5,12,17H2,1-3H3;6-14,24H,4-5,16H2,1-3H3;5-13,15,23H,1-4H3;5-13,23H,4,15H2,1-3H3;8-10,12,21H,5-7,11,14H2,1-4H3;7-9,11,20H,5-6,10,13H2,1-4H3;;;;;;/q6*-1;;;;;;. The Balaban J connectivity index is 0.000000298. The first-order valence-electron chi connectivity index (χ1n) is 51.0. The van der Waals surface area contributed by atoms with Crippen molar-refractivity contribution in [3.05, 3.63) is 303 Å². The van der Waals surface area contributed by atoms with Crippen LogP contribution in [0.2, 0.25) is 81.9 Å². The molecule has 6 fully saturated rings. The van der Waals surface area contributed by atoms with E-state index in [0.717, 1.165) is 19.6 Å². The van der Waals surface area contributed by atoms with E-state index in [1.165, 1.54) is 153 Å². The van der Waals surface area contributed by atoms with Gasteiger partial charge < -0.3 is 82.0 Å². The zero-order chi connectivity index (χ0) is 97.0. The van der Waals surface area contributed by atoms with Crippen molar-refractivity contribution in [2.45, 2.75) is 220 Å². The number of nitrogens with zero attached hydrogens (tertiary/aromatic N) is 18. The van der Waals surface area contributed by atoms with Crippen LogP contribution in [0.15, 0.2) is 267 Å². The summed E-state index contributed by atoms with van der Waals surface area (Å²) in [7, 11) is 4.70. The minimum Gasteiger partial charge on any atom is -0.442 e. The molecule has 142 heavy (non-hydrogen) atoms. The Bertz CT molecular complexity index is 4730. The van der Waals surface area contributed by atoms with Crippen LogP contribution in [0.5, 0.6) is 0 Å². The van der Waals surface area contributed by atoms with Crippen LogP contribution in [-0.4, -0.2) is 233 Å². The Morgan fingerprint density at radius 2 is 0.408 bits per heavy atom. The zero-order valence-electron chi connectivity index (χ0n) is 88.2. The van der Waals surface area contributed by atoms with Gasteiger partial charge in [-0.1, -0.05) is 289 Å². The van der Waals surface area contributed by atoms with Crippen molar-refractivity contribution in [2.75, 3.05) is 91.6 Å². The molecule has 0 spiro atoms. The van der Waals surface area contributed by atoms with Crippen molar-refractivity contribution >= 4 is 200 Å². The largest absolute Gasteiger partial charge is 0.442 e. The maximum absolute atomic E-state index is 3.44. The maximum atomic E-state index is 3.44. The molecule has 6 heterocycles. The van der Waals surface area contributed by atoms with Crippen molar-refractivity contribution in [1.82, 2.24) is 37.3 Å². The third-order valence-electron chi connectivity index (χ3n) is 27.7. The maximum Gasteiger partial charge on any atom is 0.322 e. The zero-order valence-corrected chi connectivity index (χ0v) is 109. The molecule has 0 N–H and O–H groups in total. The molecule has 6 aliphatic rings. The summed E-state index contributed by atoms with van der Waals surface area (Å²) in [5.74, 6) is 0. The fourth-order valence-electron chi connectivity index (χ4n) is 19.5. The van der Waals surface area contributed by atoms with E-state index < -0.39 is 0 Å². The molecule has 6 saturated heterocycles. The van der Waals surface area contributed by atoms with Gasteiger partial charge in [-0.15, -0.1) is 36.4 Å². The minimum absolute atomic E-state index is 0. The molecule has 0 aromatic heterocycles. The van der Waals surface area contributed by atoms with Crippen LogP contribution in [0.25, 0.3) is 0 Å². The number of unbranched alkanes of at least 4 members (excludes halogenated alkanes) is 8. The van der Waals surface area contributed by atoms with E-state index in [2.05, 4.69) is 457 Å². The average molecular weight is 3060 g/mol. The fourth-order valence-corrected chi connectivity index (χ4v) is 28.6. The first-order valence-corrected chi connectivity index (χ1v) is 57.2. The van der Waals surface area contributed by atoms with E-state index in [-0.39, 0.29) is 180 Å². The molecule has 12 radical (unpaired) electrons. The van der Waals surface area contributed by atoms with E-state index in [4.69, 9.17) is 0 Å². The number of hydrogen-bond acceptors (Lipinski definition) is 18. The summed E-state index contributed by atoms with van der Waals surface area (Å²) >= 11 is 0. The van der Waals surface area contributed by atoms with E-state index in [1.54, 1.807) is 0 Å². The van der Waals surface area contributed by atoms with Crippen LogP contribution < -0.4 is 44.8 Å². The molecule has 6 aliphatic heterocycles. The fraction of sp³-hybridized carbons (Fsp3) is 0.400. The average Bonchev–Trinajstić information content (AvgIpc) is 0.778. The predicted molar refractivity (Wildman–Crippen MR) is 619 cm³/mol. The van der Waals surface area contributed by atoms with Crippen molar-refractivity contribution in [2.24, 2.45) is 0 Å². The molecule has 760 valence electrons. The summed E-state index contributed by atoms with van der Waals surface area (Å²) in [5, 5.41) is 0. The van der Waals surface area contributed by atoms with Gasteiger partial charge in [-0.05, 0) is 133 Å². The molecule has 0 bridgehead atoms. The van der Waals surface area contributed by atoms with Gasteiger partial charge in [0.05, 0.1) is 0 Å². The van der Waals surface area contributed by atoms with Gasteiger partial charge >= 0.3 is 69.8 Å².